The fraction of sp³-hybridized carbons (Fsp3) is 0.0909. The average molecular weight is 386 g/mol. The normalized spacial score (nSPS) is 15.6. The Hall–Kier alpha value is -3.38. The van der Waals surface area contributed by atoms with Crippen molar-refractivity contribution < 1.29 is 4.79 Å². The number of nitrogens with zero attached hydrogens (tertiary/aromatic N) is 2. The highest BCUT2D eigenvalue weighted by Gasteiger charge is 2.28. The van der Waals surface area contributed by atoms with Crippen molar-refractivity contribution in [3.63, 3.8) is 0 Å². The second kappa shape index (κ2) is 6.98. The fourth-order valence-electron chi connectivity index (χ4n) is 3.47. The molecule has 3 heterocycles. The Kier molecular flexibility index (Phi) is 4.18. The number of thiophene rings is 1. The highest BCUT2D eigenvalue weighted by Crippen LogP contribution is 2.34. The van der Waals surface area contributed by atoms with E-state index in [1.54, 1.807) is 11.3 Å². The molecule has 6 heteroatoms. The van der Waals surface area contributed by atoms with Gasteiger partial charge < -0.3 is 10.6 Å². The monoisotopic (exact) mass is 386 g/mol. The zero-order valence-corrected chi connectivity index (χ0v) is 15.8. The zero-order valence-electron chi connectivity index (χ0n) is 15.0. The van der Waals surface area contributed by atoms with Crippen LogP contribution in [0, 0.1) is 0 Å². The van der Waals surface area contributed by atoms with Crippen LogP contribution in [-0.4, -0.2) is 15.7 Å². The van der Waals surface area contributed by atoms with E-state index in [0.717, 1.165) is 21.8 Å². The molecular formula is C22H18N4OS. The molecule has 5 rings (SSSR count). The van der Waals surface area contributed by atoms with Crippen LogP contribution in [0.3, 0.4) is 0 Å². The number of carbonyl (C=O) groups is 1. The van der Waals surface area contributed by atoms with Gasteiger partial charge in [-0.15, -0.1) is 11.3 Å². The first kappa shape index (κ1) is 16.8. The molecule has 2 N–H and O–H groups in total. The van der Waals surface area contributed by atoms with Crippen LogP contribution >= 0.6 is 11.3 Å². The van der Waals surface area contributed by atoms with Crippen molar-refractivity contribution >= 4 is 22.9 Å². The molecule has 4 aromatic rings. The van der Waals surface area contributed by atoms with Crippen LogP contribution in [0.1, 0.15) is 27.7 Å². The summed E-state index contributed by atoms with van der Waals surface area (Å²) in [7, 11) is 0. The Morgan fingerprint density at radius 2 is 1.79 bits per heavy atom. The largest absolute Gasteiger partial charge is 0.361 e. The van der Waals surface area contributed by atoms with Crippen LogP contribution in [0.15, 0.2) is 78.3 Å². The molecule has 28 heavy (non-hydrogen) atoms. The summed E-state index contributed by atoms with van der Waals surface area (Å²) in [6.45, 7) is 0.677. The van der Waals surface area contributed by atoms with Gasteiger partial charge in [-0.05, 0) is 29.1 Å². The van der Waals surface area contributed by atoms with E-state index in [1.165, 1.54) is 5.56 Å². The topological polar surface area (TPSA) is 59.0 Å². The molecule has 2 aromatic carbocycles. The van der Waals surface area contributed by atoms with E-state index in [2.05, 4.69) is 28.8 Å². The summed E-state index contributed by atoms with van der Waals surface area (Å²) in [6.07, 6.45) is 1.69. The number of carbonyl (C=O) groups excluding carboxylic acids is 1. The third-order valence-electron chi connectivity index (χ3n) is 4.79. The van der Waals surface area contributed by atoms with Gasteiger partial charge in [0, 0.05) is 17.4 Å². The summed E-state index contributed by atoms with van der Waals surface area (Å²) in [5.74, 6) is -0.0766. The predicted molar refractivity (Wildman–Crippen MR) is 111 cm³/mol. The van der Waals surface area contributed by atoms with E-state index >= 15 is 0 Å². The summed E-state index contributed by atoms with van der Waals surface area (Å²) in [5, 5.41) is 13.4. The van der Waals surface area contributed by atoms with Crippen molar-refractivity contribution in [2.24, 2.45) is 0 Å². The van der Waals surface area contributed by atoms with Gasteiger partial charge in [0.1, 0.15) is 11.9 Å². The van der Waals surface area contributed by atoms with E-state index in [4.69, 9.17) is 5.10 Å². The van der Waals surface area contributed by atoms with Gasteiger partial charge in [0.15, 0.2) is 0 Å². The molecule has 0 saturated heterocycles. The average Bonchev–Trinajstić information content (AvgIpc) is 3.38. The molecule has 5 nitrogen and oxygen atoms in total. The molecule has 0 saturated carbocycles. The van der Waals surface area contributed by atoms with Gasteiger partial charge in [-0.25, -0.2) is 0 Å². The quantitative estimate of drug-likeness (QED) is 0.542. The van der Waals surface area contributed by atoms with Crippen molar-refractivity contribution in [2.75, 3.05) is 5.32 Å². The standard InChI is InChI=1S/C22H18N4OS/c27-22-16-9-4-5-10-18(16)23-21(24-22)17-14-26(13-15-7-2-1-3-8-15)25-20(17)19-11-6-12-28-19/h1-12,14,21,23H,13H2,(H,24,27)/t21-/m1/s1. The number of hydrogen-bond donors (Lipinski definition) is 2. The fourth-order valence-corrected chi connectivity index (χ4v) is 4.20. The van der Waals surface area contributed by atoms with Crippen LogP contribution < -0.4 is 10.6 Å². The summed E-state index contributed by atoms with van der Waals surface area (Å²) in [4.78, 5) is 13.7. The number of nitrogens with one attached hydrogen (secondary N) is 2. The minimum Gasteiger partial charge on any atom is -0.361 e. The van der Waals surface area contributed by atoms with E-state index in [0.29, 0.717) is 12.1 Å². The van der Waals surface area contributed by atoms with Crippen LogP contribution in [0.2, 0.25) is 0 Å². The number of hydrogen-bond acceptors (Lipinski definition) is 4. The molecule has 0 spiro atoms. The van der Waals surface area contributed by atoms with Crippen molar-refractivity contribution in [2.45, 2.75) is 12.7 Å². The van der Waals surface area contributed by atoms with E-state index in [9.17, 15) is 4.79 Å². The van der Waals surface area contributed by atoms with Crippen molar-refractivity contribution in [3.05, 3.63) is 95.0 Å². The van der Waals surface area contributed by atoms with Gasteiger partial charge in [0.05, 0.1) is 17.0 Å². The third-order valence-corrected chi connectivity index (χ3v) is 5.67. The maximum atomic E-state index is 12.6. The Morgan fingerprint density at radius 1 is 0.964 bits per heavy atom. The van der Waals surface area contributed by atoms with Gasteiger partial charge in [0.25, 0.3) is 5.91 Å². The molecule has 1 amide bonds. The lowest BCUT2D eigenvalue weighted by Gasteiger charge is -2.27. The maximum Gasteiger partial charge on any atom is 0.255 e. The highest BCUT2D eigenvalue weighted by atomic mass is 32.1. The molecule has 1 aliphatic rings. The first-order chi connectivity index (χ1) is 13.8. The molecule has 1 aliphatic heterocycles. The number of rotatable bonds is 4. The minimum atomic E-state index is -0.330. The summed E-state index contributed by atoms with van der Waals surface area (Å²) in [6, 6.07) is 21.9. The molecular weight excluding hydrogens is 368 g/mol. The van der Waals surface area contributed by atoms with Crippen molar-refractivity contribution in [1.82, 2.24) is 15.1 Å². The second-order valence-electron chi connectivity index (χ2n) is 6.69. The van der Waals surface area contributed by atoms with Crippen LogP contribution in [0.5, 0.6) is 0 Å². The minimum absolute atomic E-state index is 0.0766. The first-order valence-electron chi connectivity index (χ1n) is 9.09. The lowest BCUT2D eigenvalue weighted by atomic mass is 10.1. The van der Waals surface area contributed by atoms with Gasteiger partial charge in [-0.2, -0.15) is 5.10 Å². The number of fused-ring (bicyclic) bond motifs is 1. The molecule has 0 unspecified atom stereocenters. The number of amides is 1. The van der Waals surface area contributed by atoms with Gasteiger partial charge in [-0.3, -0.25) is 9.48 Å². The van der Waals surface area contributed by atoms with Gasteiger partial charge in [0.2, 0.25) is 0 Å². The number of anilines is 1. The van der Waals surface area contributed by atoms with E-state index in [-0.39, 0.29) is 12.1 Å². The number of para-hydroxylation sites is 1. The van der Waals surface area contributed by atoms with Crippen LogP contribution in [0.25, 0.3) is 10.6 Å². The maximum absolute atomic E-state index is 12.6. The van der Waals surface area contributed by atoms with Crippen LogP contribution in [0.4, 0.5) is 5.69 Å². The molecule has 0 bridgehead atoms. The SMILES string of the molecule is O=C1N[C@H](c2cn(Cc3ccccc3)nc2-c2cccs2)Nc2ccccc21. The smallest absolute Gasteiger partial charge is 0.255 e. The summed E-state index contributed by atoms with van der Waals surface area (Å²) in [5.41, 5.74) is 4.53. The highest BCUT2D eigenvalue weighted by molar-refractivity contribution is 7.13. The number of aromatic nitrogens is 2. The lowest BCUT2D eigenvalue weighted by molar-refractivity contribution is 0.0936. The third kappa shape index (κ3) is 3.08. The number of benzene rings is 2. The zero-order chi connectivity index (χ0) is 18.9. The molecule has 0 radical (unpaired) electrons. The molecule has 1 atom stereocenters. The summed E-state index contributed by atoms with van der Waals surface area (Å²) < 4.78 is 1.94. The van der Waals surface area contributed by atoms with Gasteiger partial charge >= 0.3 is 0 Å². The lowest BCUT2D eigenvalue weighted by Crippen LogP contribution is -2.38. The predicted octanol–water partition coefficient (Wildman–Crippen LogP) is 4.51. The second-order valence-corrected chi connectivity index (χ2v) is 7.64. The molecule has 138 valence electrons. The Morgan fingerprint density at radius 3 is 2.61 bits per heavy atom. The molecule has 2 aromatic heterocycles. The molecule has 0 fully saturated rings. The summed E-state index contributed by atoms with van der Waals surface area (Å²) >= 11 is 1.64. The first-order valence-corrected chi connectivity index (χ1v) is 9.97. The Bertz CT molecular complexity index is 1120. The van der Waals surface area contributed by atoms with Crippen LogP contribution in [-0.2, 0) is 6.54 Å². The van der Waals surface area contributed by atoms with E-state index < -0.39 is 0 Å². The molecule has 0 aliphatic carbocycles. The Labute approximate surface area is 166 Å². The van der Waals surface area contributed by atoms with E-state index in [1.807, 2.05) is 64.8 Å². The van der Waals surface area contributed by atoms with Gasteiger partial charge in [-0.1, -0.05) is 48.5 Å². The van der Waals surface area contributed by atoms with Crippen molar-refractivity contribution in [1.29, 1.82) is 0 Å². The Balaban J connectivity index is 1.54. The van der Waals surface area contributed by atoms with Crippen molar-refractivity contribution in [3.8, 4) is 10.6 Å².